The fourth-order valence-corrected chi connectivity index (χ4v) is 8.49. The molecule has 1 saturated heterocycles. The van der Waals surface area contributed by atoms with Crippen molar-refractivity contribution < 1.29 is 9.47 Å². The third-order valence-electron chi connectivity index (χ3n) is 5.62. The minimum absolute atomic E-state index is 0.0516. The first-order valence-corrected chi connectivity index (χ1v) is 11.7. The van der Waals surface area contributed by atoms with E-state index in [9.17, 15) is 0 Å². The highest BCUT2D eigenvalue weighted by Crippen LogP contribution is 2.56. The normalized spacial score (nSPS) is 23.8. The van der Waals surface area contributed by atoms with Crippen molar-refractivity contribution in [1.29, 1.82) is 0 Å². The van der Waals surface area contributed by atoms with Crippen LogP contribution in [-0.4, -0.2) is 24.7 Å². The first kappa shape index (κ1) is 17.1. The van der Waals surface area contributed by atoms with Gasteiger partial charge in [0.1, 0.15) is 23.2 Å². The summed E-state index contributed by atoms with van der Waals surface area (Å²) in [6.07, 6.45) is 3.71. The van der Waals surface area contributed by atoms with Crippen molar-refractivity contribution in [2.45, 2.75) is 31.3 Å². The van der Waals surface area contributed by atoms with E-state index >= 15 is 0 Å². The molecule has 0 bridgehead atoms. The van der Waals surface area contributed by atoms with E-state index in [-0.39, 0.29) is 6.29 Å². The van der Waals surface area contributed by atoms with Crippen LogP contribution in [0.25, 0.3) is 0 Å². The number of rotatable bonds is 6. The van der Waals surface area contributed by atoms with Crippen LogP contribution in [0.4, 0.5) is 0 Å². The number of fused-ring (bicyclic) bond motifs is 1. The van der Waals surface area contributed by atoms with Gasteiger partial charge in [0.05, 0.1) is 18.4 Å². The van der Waals surface area contributed by atoms with Crippen LogP contribution >= 0.6 is 7.26 Å². The zero-order valence-corrected chi connectivity index (χ0v) is 16.2. The Bertz CT molecular complexity index is 775. The average Bonchev–Trinajstić information content (AvgIpc) is 3.36. The lowest BCUT2D eigenvalue weighted by molar-refractivity contribution is -0.0868. The van der Waals surface area contributed by atoms with Crippen molar-refractivity contribution >= 4 is 23.2 Å². The Hall–Kier alpha value is -1.99. The van der Waals surface area contributed by atoms with Crippen molar-refractivity contribution in [1.82, 2.24) is 0 Å². The average molecular weight is 375 g/mol. The quantitative estimate of drug-likeness (QED) is 0.609. The van der Waals surface area contributed by atoms with E-state index in [0.29, 0.717) is 12.2 Å². The predicted octanol–water partition coefficient (Wildman–Crippen LogP) is 3.88. The summed E-state index contributed by atoms with van der Waals surface area (Å²) in [6, 6.07) is 33.0. The molecule has 0 amide bonds. The molecule has 2 fully saturated rings. The van der Waals surface area contributed by atoms with Crippen LogP contribution in [-0.2, 0) is 9.47 Å². The summed E-state index contributed by atoms with van der Waals surface area (Å²) in [5, 5.41) is 4.27. The van der Waals surface area contributed by atoms with Gasteiger partial charge in [-0.1, -0.05) is 54.6 Å². The van der Waals surface area contributed by atoms with Gasteiger partial charge in [-0.2, -0.15) is 0 Å². The fraction of sp³-hybridized carbons (Fsp3) is 0.250. The Labute approximate surface area is 161 Å². The Morgan fingerprint density at radius 1 is 0.630 bits per heavy atom. The van der Waals surface area contributed by atoms with Gasteiger partial charge in [-0.15, -0.1) is 0 Å². The molecule has 1 aliphatic carbocycles. The molecule has 0 radical (unpaired) electrons. The molecule has 0 N–H and O–H groups in total. The predicted molar refractivity (Wildman–Crippen MR) is 113 cm³/mol. The smallest absolute Gasteiger partial charge is 0.162 e. The molecule has 1 heterocycles. The number of hydrogen-bond donors (Lipinski definition) is 0. The third-order valence-corrected chi connectivity index (χ3v) is 10.1. The summed E-state index contributed by atoms with van der Waals surface area (Å²) in [4.78, 5) is 0. The molecule has 3 heteroatoms. The second-order valence-electron chi connectivity index (χ2n) is 7.34. The van der Waals surface area contributed by atoms with E-state index in [1.165, 1.54) is 15.9 Å². The maximum Gasteiger partial charge on any atom is 0.162 e. The van der Waals surface area contributed by atoms with Crippen LogP contribution in [0.2, 0.25) is 0 Å². The number of benzene rings is 3. The van der Waals surface area contributed by atoms with Crippen molar-refractivity contribution in [3.05, 3.63) is 91.0 Å². The van der Waals surface area contributed by atoms with Crippen LogP contribution in [0.1, 0.15) is 12.8 Å². The zero-order valence-electron chi connectivity index (χ0n) is 15.3. The summed E-state index contributed by atoms with van der Waals surface area (Å²) in [5.41, 5.74) is 0. The van der Waals surface area contributed by atoms with Gasteiger partial charge < -0.3 is 9.47 Å². The van der Waals surface area contributed by atoms with Gasteiger partial charge in [0, 0.05) is 12.8 Å². The molecule has 2 aliphatic rings. The second-order valence-corrected chi connectivity index (χ2v) is 11.0. The molecular weight excluding hydrogens is 351 g/mol. The van der Waals surface area contributed by atoms with Crippen molar-refractivity contribution in [2.75, 3.05) is 6.16 Å². The van der Waals surface area contributed by atoms with Gasteiger partial charge in [-0.25, -0.2) is 0 Å². The number of ether oxygens (including phenoxy) is 2. The van der Waals surface area contributed by atoms with Gasteiger partial charge >= 0.3 is 0 Å². The Kier molecular flexibility index (Phi) is 4.57. The van der Waals surface area contributed by atoms with Crippen molar-refractivity contribution in [2.24, 2.45) is 0 Å². The maximum atomic E-state index is 6.03. The van der Waals surface area contributed by atoms with E-state index in [1.807, 2.05) is 0 Å². The summed E-state index contributed by atoms with van der Waals surface area (Å²) in [5.74, 6) is 0. The Morgan fingerprint density at radius 3 is 1.44 bits per heavy atom. The highest BCUT2D eigenvalue weighted by molar-refractivity contribution is 7.95. The molecule has 136 valence electrons. The third kappa shape index (κ3) is 3.23. The Balaban J connectivity index is 1.59. The maximum absolute atomic E-state index is 6.03. The lowest BCUT2D eigenvalue weighted by Crippen LogP contribution is -2.34. The SMILES string of the molecule is c1ccc([P+](CCC2OC3CC3O2)(c2ccccc2)c2ccccc2)cc1. The van der Waals surface area contributed by atoms with Crippen molar-refractivity contribution in [3.63, 3.8) is 0 Å². The largest absolute Gasteiger partial charge is 0.346 e. The monoisotopic (exact) mass is 375 g/mol. The van der Waals surface area contributed by atoms with Gasteiger partial charge in [0.25, 0.3) is 0 Å². The Morgan fingerprint density at radius 2 is 1.04 bits per heavy atom. The van der Waals surface area contributed by atoms with Crippen LogP contribution in [0.5, 0.6) is 0 Å². The second kappa shape index (κ2) is 7.20. The van der Waals surface area contributed by atoms with Gasteiger partial charge in [-0.05, 0) is 36.4 Å². The fourth-order valence-electron chi connectivity index (χ4n) is 4.18. The highest BCUT2D eigenvalue weighted by Gasteiger charge is 2.51. The molecule has 3 aromatic carbocycles. The topological polar surface area (TPSA) is 18.5 Å². The van der Waals surface area contributed by atoms with E-state index < -0.39 is 7.26 Å². The van der Waals surface area contributed by atoms with Crippen LogP contribution in [0, 0.1) is 0 Å². The molecule has 0 aromatic heterocycles. The molecule has 2 unspecified atom stereocenters. The molecule has 2 atom stereocenters. The number of hydrogen-bond acceptors (Lipinski definition) is 2. The van der Waals surface area contributed by atoms with Gasteiger partial charge in [0.2, 0.25) is 0 Å². The van der Waals surface area contributed by atoms with Crippen LogP contribution in [0.3, 0.4) is 0 Å². The molecule has 1 saturated carbocycles. The molecule has 5 rings (SSSR count). The summed E-state index contributed by atoms with van der Waals surface area (Å²) in [7, 11) is -1.77. The first-order chi connectivity index (χ1) is 13.4. The first-order valence-electron chi connectivity index (χ1n) is 9.72. The molecular formula is C24H24O2P+. The zero-order chi connectivity index (χ0) is 18.1. The highest BCUT2D eigenvalue weighted by atomic mass is 31.2. The van der Waals surface area contributed by atoms with Crippen LogP contribution in [0.15, 0.2) is 91.0 Å². The molecule has 3 aromatic rings. The minimum Gasteiger partial charge on any atom is -0.346 e. The minimum atomic E-state index is -1.77. The van der Waals surface area contributed by atoms with E-state index in [0.717, 1.165) is 19.0 Å². The summed E-state index contributed by atoms with van der Waals surface area (Å²) >= 11 is 0. The van der Waals surface area contributed by atoms with E-state index in [4.69, 9.17) is 9.47 Å². The molecule has 1 aliphatic heterocycles. The van der Waals surface area contributed by atoms with Gasteiger partial charge in [0.15, 0.2) is 6.29 Å². The van der Waals surface area contributed by atoms with E-state index in [2.05, 4.69) is 91.0 Å². The lowest BCUT2D eigenvalue weighted by atomic mass is 10.3. The summed E-state index contributed by atoms with van der Waals surface area (Å²) in [6.45, 7) is 0. The molecule has 2 nitrogen and oxygen atoms in total. The lowest BCUT2D eigenvalue weighted by Gasteiger charge is -2.28. The molecule has 27 heavy (non-hydrogen) atoms. The summed E-state index contributed by atoms with van der Waals surface area (Å²) < 4.78 is 12.1. The van der Waals surface area contributed by atoms with E-state index in [1.54, 1.807) is 0 Å². The van der Waals surface area contributed by atoms with Crippen molar-refractivity contribution in [3.8, 4) is 0 Å². The van der Waals surface area contributed by atoms with Crippen LogP contribution < -0.4 is 15.9 Å². The van der Waals surface area contributed by atoms with Gasteiger partial charge in [-0.3, -0.25) is 0 Å². The molecule has 0 spiro atoms. The standard InChI is InChI=1S/C24H24O2P/c1-4-10-19(11-5-1)27(20-12-6-2-7-13-20,21-14-8-3-9-15-21)17-16-24-25-22-18-23(22)26-24/h1-15,22-24H,16-18H2/q+1.